The molecule has 0 radical (unpaired) electrons. The maximum absolute atomic E-state index is 12.7. The molecule has 3 rings (SSSR count). The van der Waals surface area contributed by atoms with Crippen LogP contribution in [0.4, 0.5) is 0 Å². The van der Waals surface area contributed by atoms with Crippen LogP contribution < -0.4 is 0 Å². The second-order valence-corrected chi connectivity index (χ2v) is 7.29. The summed E-state index contributed by atoms with van der Waals surface area (Å²) in [6.07, 6.45) is 1.64. The van der Waals surface area contributed by atoms with Gasteiger partial charge in [-0.3, -0.25) is 0 Å². The smallest absolute Gasteiger partial charge is 0.218 e. The van der Waals surface area contributed by atoms with Gasteiger partial charge in [-0.05, 0) is 25.3 Å². The van der Waals surface area contributed by atoms with E-state index in [9.17, 15) is 8.42 Å². The number of rotatable bonds is 4. The summed E-state index contributed by atoms with van der Waals surface area (Å²) < 4.78 is 32.0. The number of aromatic nitrogens is 1. The lowest BCUT2D eigenvalue weighted by Gasteiger charge is -2.22. The van der Waals surface area contributed by atoms with Crippen LogP contribution in [0.3, 0.4) is 0 Å². The van der Waals surface area contributed by atoms with Crippen LogP contribution in [0.2, 0.25) is 0 Å². The third kappa shape index (κ3) is 3.01. The lowest BCUT2D eigenvalue weighted by molar-refractivity contribution is 0.349. The highest BCUT2D eigenvalue weighted by molar-refractivity contribution is 7.88. The van der Waals surface area contributed by atoms with Crippen LogP contribution >= 0.6 is 0 Å². The Kier molecular flexibility index (Phi) is 3.82. The molecule has 21 heavy (non-hydrogen) atoms. The zero-order valence-electron chi connectivity index (χ0n) is 11.9. The van der Waals surface area contributed by atoms with E-state index in [-0.39, 0.29) is 11.8 Å². The van der Waals surface area contributed by atoms with Crippen molar-refractivity contribution in [3.05, 3.63) is 53.4 Å². The van der Waals surface area contributed by atoms with Gasteiger partial charge in [-0.15, -0.1) is 0 Å². The molecule has 0 amide bonds. The Morgan fingerprint density at radius 2 is 2.10 bits per heavy atom. The van der Waals surface area contributed by atoms with Crippen LogP contribution in [0, 0.1) is 6.92 Å². The summed E-state index contributed by atoms with van der Waals surface area (Å²) in [6, 6.07) is 10.9. The maximum atomic E-state index is 12.7. The molecule has 1 atom stereocenters. The van der Waals surface area contributed by atoms with Crippen LogP contribution in [0.5, 0.6) is 0 Å². The van der Waals surface area contributed by atoms with Crippen LogP contribution in [0.25, 0.3) is 0 Å². The van der Waals surface area contributed by atoms with Gasteiger partial charge in [-0.2, -0.15) is 4.31 Å². The summed E-state index contributed by atoms with van der Waals surface area (Å²) >= 11 is 0. The third-order valence-electron chi connectivity index (χ3n) is 3.74. The zero-order chi connectivity index (χ0) is 14.9. The largest absolute Gasteiger partial charge is 0.361 e. The minimum Gasteiger partial charge on any atom is -0.361 e. The first-order valence-electron chi connectivity index (χ1n) is 7.03. The Morgan fingerprint density at radius 3 is 2.76 bits per heavy atom. The molecule has 6 heteroatoms. The van der Waals surface area contributed by atoms with Crippen molar-refractivity contribution in [1.29, 1.82) is 0 Å². The molecule has 1 aliphatic heterocycles. The predicted octanol–water partition coefficient (Wildman–Crippen LogP) is 2.65. The van der Waals surface area contributed by atoms with Crippen LogP contribution in [0.1, 0.15) is 35.9 Å². The summed E-state index contributed by atoms with van der Waals surface area (Å²) in [5, 5.41) is 3.99. The number of nitrogens with zero attached hydrogens (tertiary/aromatic N) is 2. The van der Waals surface area contributed by atoms with Crippen molar-refractivity contribution >= 4 is 10.0 Å². The van der Waals surface area contributed by atoms with E-state index in [2.05, 4.69) is 5.16 Å². The minimum absolute atomic E-state index is 0.0289. The zero-order valence-corrected chi connectivity index (χ0v) is 12.7. The van der Waals surface area contributed by atoms with Crippen molar-refractivity contribution in [2.75, 3.05) is 6.54 Å². The average Bonchev–Trinajstić information content (AvgIpc) is 3.07. The lowest BCUT2D eigenvalue weighted by atomic mass is 10.1. The molecule has 2 heterocycles. The van der Waals surface area contributed by atoms with Gasteiger partial charge >= 0.3 is 0 Å². The second kappa shape index (κ2) is 5.61. The molecular weight excluding hydrogens is 288 g/mol. The van der Waals surface area contributed by atoms with Crippen molar-refractivity contribution in [3.63, 3.8) is 0 Å². The van der Waals surface area contributed by atoms with E-state index in [4.69, 9.17) is 4.52 Å². The summed E-state index contributed by atoms with van der Waals surface area (Å²) in [6.45, 7) is 2.36. The van der Waals surface area contributed by atoms with Crippen LogP contribution in [-0.4, -0.2) is 24.4 Å². The second-order valence-electron chi connectivity index (χ2n) is 5.37. The third-order valence-corrected chi connectivity index (χ3v) is 5.59. The first-order valence-corrected chi connectivity index (χ1v) is 8.64. The van der Waals surface area contributed by atoms with E-state index < -0.39 is 10.0 Å². The molecule has 1 saturated heterocycles. The monoisotopic (exact) mass is 306 g/mol. The van der Waals surface area contributed by atoms with Gasteiger partial charge in [0.2, 0.25) is 10.0 Å². The minimum atomic E-state index is -3.35. The summed E-state index contributed by atoms with van der Waals surface area (Å²) in [5.41, 5.74) is 1.51. The first kappa shape index (κ1) is 14.3. The topological polar surface area (TPSA) is 63.4 Å². The normalized spacial score (nSPS) is 20.0. The molecule has 0 saturated carbocycles. The lowest BCUT2D eigenvalue weighted by Crippen LogP contribution is -2.31. The first-order chi connectivity index (χ1) is 10.1. The van der Waals surface area contributed by atoms with Crippen LogP contribution in [0.15, 0.2) is 40.9 Å². The summed E-state index contributed by atoms with van der Waals surface area (Å²) in [4.78, 5) is 0. The maximum Gasteiger partial charge on any atom is 0.218 e. The number of hydrogen-bond donors (Lipinski definition) is 0. The number of benzene rings is 1. The Morgan fingerprint density at radius 1 is 1.33 bits per heavy atom. The molecule has 1 aromatic carbocycles. The highest BCUT2D eigenvalue weighted by atomic mass is 32.2. The molecule has 0 spiro atoms. The standard InChI is InChI=1S/C15H18N2O3S/c1-12-10-14(16-20-12)15-8-5-9-17(15)21(18,19)11-13-6-3-2-4-7-13/h2-4,6-7,10,15H,5,8-9,11H2,1H3/t15-/m0/s1. The van der Waals surface area contributed by atoms with E-state index in [0.29, 0.717) is 18.0 Å². The molecule has 1 aromatic heterocycles. The van der Waals surface area contributed by atoms with Gasteiger partial charge in [0.25, 0.3) is 0 Å². The highest BCUT2D eigenvalue weighted by Crippen LogP contribution is 2.34. The Balaban J connectivity index is 1.84. The number of sulfonamides is 1. The molecule has 0 aliphatic carbocycles. The Labute approximate surface area is 124 Å². The summed E-state index contributed by atoms with van der Waals surface area (Å²) in [5.74, 6) is 0.735. The molecule has 2 aromatic rings. The average molecular weight is 306 g/mol. The van der Waals surface area contributed by atoms with Gasteiger partial charge < -0.3 is 4.52 Å². The fourth-order valence-corrected chi connectivity index (χ4v) is 4.57. The molecule has 0 bridgehead atoms. The number of hydrogen-bond acceptors (Lipinski definition) is 4. The van der Waals surface area contributed by atoms with Crippen molar-refractivity contribution in [2.24, 2.45) is 0 Å². The molecule has 0 N–H and O–H groups in total. The van der Waals surface area contributed by atoms with E-state index in [0.717, 1.165) is 18.4 Å². The highest BCUT2D eigenvalue weighted by Gasteiger charge is 2.36. The van der Waals surface area contributed by atoms with E-state index in [1.807, 2.05) is 43.3 Å². The van der Waals surface area contributed by atoms with Crippen molar-refractivity contribution in [2.45, 2.75) is 31.6 Å². The molecule has 0 unspecified atom stereocenters. The van der Waals surface area contributed by atoms with Crippen molar-refractivity contribution in [1.82, 2.24) is 9.46 Å². The van der Waals surface area contributed by atoms with E-state index in [1.54, 1.807) is 4.31 Å². The SMILES string of the molecule is Cc1cc([C@@H]2CCCN2S(=O)(=O)Cc2ccccc2)no1. The van der Waals surface area contributed by atoms with E-state index >= 15 is 0 Å². The van der Waals surface area contributed by atoms with Gasteiger partial charge in [0, 0.05) is 12.6 Å². The van der Waals surface area contributed by atoms with Crippen LogP contribution in [-0.2, 0) is 15.8 Å². The van der Waals surface area contributed by atoms with Gasteiger partial charge in [0.1, 0.15) is 11.5 Å². The van der Waals surface area contributed by atoms with Gasteiger partial charge in [-0.1, -0.05) is 35.5 Å². The molecular formula is C15H18N2O3S. The molecule has 112 valence electrons. The fourth-order valence-electron chi connectivity index (χ4n) is 2.78. The van der Waals surface area contributed by atoms with E-state index in [1.165, 1.54) is 0 Å². The van der Waals surface area contributed by atoms with Gasteiger partial charge in [0.05, 0.1) is 11.8 Å². The van der Waals surface area contributed by atoms with Gasteiger partial charge in [0.15, 0.2) is 0 Å². The molecule has 5 nitrogen and oxygen atoms in total. The number of aryl methyl sites for hydroxylation is 1. The van der Waals surface area contributed by atoms with Crippen molar-refractivity contribution < 1.29 is 12.9 Å². The van der Waals surface area contributed by atoms with Crippen molar-refractivity contribution in [3.8, 4) is 0 Å². The Hall–Kier alpha value is -1.66. The predicted molar refractivity (Wildman–Crippen MR) is 79.0 cm³/mol. The Bertz CT molecular complexity index is 710. The van der Waals surface area contributed by atoms with Gasteiger partial charge in [-0.25, -0.2) is 8.42 Å². The molecule has 1 aliphatic rings. The fraction of sp³-hybridized carbons (Fsp3) is 0.400. The molecule has 1 fully saturated rings. The summed E-state index contributed by atoms with van der Waals surface area (Å²) in [7, 11) is -3.35. The quantitative estimate of drug-likeness (QED) is 0.871.